The topological polar surface area (TPSA) is 70.9 Å². The first-order valence-electron chi connectivity index (χ1n) is 8.31. The number of fused-ring (bicyclic) bond motifs is 1. The third kappa shape index (κ3) is 3.67. The lowest BCUT2D eigenvalue weighted by Crippen LogP contribution is -1.98. The fourth-order valence-corrected chi connectivity index (χ4v) is 2.59. The van der Waals surface area contributed by atoms with Gasteiger partial charge in [-0.2, -0.15) is 5.26 Å². The number of halogens is 1. The number of allylic oxidation sites excluding steroid dienone is 1. The molecule has 1 heterocycles. The van der Waals surface area contributed by atoms with E-state index < -0.39 is 0 Å². The van der Waals surface area contributed by atoms with E-state index in [1.807, 2.05) is 32.0 Å². The molecule has 26 heavy (non-hydrogen) atoms. The van der Waals surface area contributed by atoms with Gasteiger partial charge in [-0.05, 0) is 55.8 Å². The minimum atomic E-state index is -0.358. The van der Waals surface area contributed by atoms with Crippen molar-refractivity contribution in [3.8, 4) is 17.6 Å². The van der Waals surface area contributed by atoms with Crippen molar-refractivity contribution in [1.29, 1.82) is 5.26 Å². The highest BCUT2D eigenvalue weighted by atomic mass is 19.1. The van der Waals surface area contributed by atoms with Crippen LogP contribution in [0.3, 0.4) is 0 Å². The van der Waals surface area contributed by atoms with Crippen molar-refractivity contribution in [1.82, 2.24) is 9.97 Å². The molecule has 0 spiro atoms. The predicted octanol–water partition coefficient (Wildman–Crippen LogP) is 4.56. The van der Waals surface area contributed by atoms with Crippen LogP contribution in [0.2, 0.25) is 0 Å². The molecule has 3 rings (SSSR count). The zero-order valence-corrected chi connectivity index (χ0v) is 14.5. The predicted molar refractivity (Wildman–Crippen MR) is 98.3 cm³/mol. The number of hydrogen-bond acceptors (Lipinski definition) is 4. The van der Waals surface area contributed by atoms with Gasteiger partial charge in [0.2, 0.25) is 0 Å². The van der Waals surface area contributed by atoms with Crippen molar-refractivity contribution >= 4 is 22.7 Å². The van der Waals surface area contributed by atoms with Crippen LogP contribution in [0.25, 0.3) is 22.7 Å². The summed E-state index contributed by atoms with van der Waals surface area (Å²) in [5, 5.41) is 9.52. The zero-order valence-electron chi connectivity index (χ0n) is 14.5. The summed E-state index contributed by atoms with van der Waals surface area (Å²) < 4.78 is 24.5. The SMILES string of the molecule is CCOc1ccc(/C=C(/C#N)c2nc3ccc(F)cc3[nH]2)cc1OCC. The molecule has 1 N–H and O–H groups in total. The van der Waals surface area contributed by atoms with Gasteiger partial charge in [0, 0.05) is 0 Å². The molecule has 0 bridgehead atoms. The third-order valence-corrected chi connectivity index (χ3v) is 3.70. The van der Waals surface area contributed by atoms with Crippen LogP contribution in [0.15, 0.2) is 36.4 Å². The Bertz CT molecular complexity index is 1000. The lowest BCUT2D eigenvalue weighted by molar-refractivity contribution is 0.287. The first-order chi connectivity index (χ1) is 12.6. The maximum atomic E-state index is 13.3. The number of hydrogen-bond donors (Lipinski definition) is 1. The molecule has 0 saturated carbocycles. The van der Waals surface area contributed by atoms with E-state index in [1.54, 1.807) is 12.1 Å². The average molecular weight is 351 g/mol. The number of aromatic nitrogens is 2. The van der Waals surface area contributed by atoms with Gasteiger partial charge in [0.15, 0.2) is 11.5 Å². The molecule has 0 amide bonds. The summed E-state index contributed by atoms with van der Waals surface area (Å²) in [4.78, 5) is 7.34. The van der Waals surface area contributed by atoms with Gasteiger partial charge in [0.1, 0.15) is 17.7 Å². The van der Waals surface area contributed by atoms with Gasteiger partial charge in [-0.1, -0.05) is 6.07 Å². The van der Waals surface area contributed by atoms with Gasteiger partial charge in [-0.25, -0.2) is 9.37 Å². The number of H-pyrrole nitrogens is 1. The van der Waals surface area contributed by atoms with Crippen molar-refractivity contribution in [3.05, 3.63) is 53.6 Å². The maximum absolute atomic E-state index is 13.3. The van der Waals surface area contributed by atoms with Crippen molar-refractivity contribution in [2.75, 3.05) is 13.2 Å². The van der Waals surface area contributed by atoms with E-state index in [9.17, 15) is 9.65 Å². The van der Waals surface area contributed by atoms with Crippen LogP contribution in [-0.4, -0.2) is 23.2 Å². The highest BCUT2D eigenvalue weighted by Gasteiger charge is 2.10. The van der Waals surface area contributed by atoms with E-state index in [4.69, 9.17) is 9.47 Å². The minimum Gasteiger partial charge on any atom is -0.490 e. The van der Waals surface area contributed by atoms with Gasteiger partial charge in [0.25, 0.3) is 0 Å². The van der Waals surface area contributed by atoms with Crippen LogP contribution in [-0.2, 0) is 0 Å². The Labute approximate surface area is 150 Å². The molecule has 6 heteroatoms. The molecule has 0 aliphatic heterocycles. The Balaban J connectivity index is 2.00. The number of nitriles is 1. The Hall–Kier alpha value is -3.33. The smallest absolute Gasteiger partial charge is 0.161 e. The number of benzene rings is 2. The van der Waals surface area contributed by atoms with Crippen LogP contribution in [0, 0.1) is 17.1 Å². The molecule has 1 aromatic heterocycles. The van der Waals surface area contributed by atoms with E-state index in [2.05, 4.69) is 16.0 Å². The normalized spacial score (nSPS) is 11.4. The number of imidazole rings is 1. The van der Waals surface area contributed by atoms with Crippen LogP contribution >= 0.6 is 0 Å². The first-order valence-corrected chi connectivity index (χ1v) is 8.31. The summed E-state index contributed by atoms with van der Waals surface area (Å²) in [6.07, 6.45) is 1.70. The van der Waals surface area contributed by atoms with Gasteiger partial charge in [-0.3, -0.25) is 0 Å². The van der Waals surface area contributed by atoms with E-state index in [-0.39, 0.29) is 5.82 Å². The summed E-state index contributed by atoms with van der Waals surface area (Å²) in [5.41, 5.74) is 2.26. The van der Waals surface area contributed by atoms with E-state index in [0.29, 0.717) is 47.1 Å². The van der Waals surface area contributed by atoms with Gasteiger partial charge >= 0.3 is 0 Å². The van der Waals surface area contributed by atoms with Gasteiger partial charge in [0.05, 0.1) is 29.8 Å². The first kappa shape index (κ1) is 17.5. The fourth-order valence-electron chi connectivity index (χ4n) is 2.59. The van der Waals surface area contributed by atoms with Crippen molar-refractivity contribution in [3.63, 3.8) is 0 Å². The minimum absolute atomic E-state index is 0.341. The standard InChI is InChI=1S/C20H18FN3O2/c1-3-25-18-8-5-13(10-19(18)26-4-2)9-14(12-22)20-23-16-7-6-15(21)11-17(16)24-20/h5-11H,3-4H2,1-2H3,(H,23,24)/b14-9-. The average Bonchev–Trinajstić information content (AvgIpc) is 3.05. The molecule has 0 saturated heterocycles. The molecule has 2 aromatic carbocycles. The lowest BCUT2D eigenvalue weighted by atomic mass is 10.1. The molecule has 132 valence electrons. The fraction of sp³-hybridized carbons (Fsp3) is 0.200. The van der Waals surface area contributed by atoms with Crippen molar-refractivity contribution < 1.29 is 13.9 Å². The Morgan fingerprint density at radius 2 is 1.92 bits per heavy atom. The number of nitrogens with one attached hydrogen (secondary N) is 1. The van der Waals surface area contributed by atoms with E-state index in [0.717, 1.165) is 5.56 Å². The second-order valence-electron chi connectivity index (χ2n) is 5.49. The molecular formula is C20H18FN3O2. The summed E-state index contributed by atoms with van der Waals surface area (Å²) in [5.74, 6) is 1.30. The molecule has 0 aliphatic rings. The van der Waals surface area contributed by atoms with Crippen LogP contribution < -0.4 is 9.47 Å². The summed E-state index contributed by atoms with van der Waals surface area (Å²) in [6.45, 7) is 4.84. The molecule has 0 radical (unpaired) electrons. The monoisotopic (exact) mass is 351 g/mol. The highest BCUT2D eigenvalue weighted by molar-refractivity contribution is 5.90. The number of aromatic amines is 1. The summed E-state index contributed by atoms with van der Waals surface area (Å²) in [7, 11) is 0. The maximum Gasteiger partial charge on any atom is 0.161 e. The van der Waals surface area contributed by atoms with Gasteiger partial charge in [-0.15, -0.1) is 0 Å². The number of ether oxygens (including phenoxy) is 2. The molecule has 0 unspecified atom stereocenters. The number of nitrogens with zero attached hydrogens (tertiary/aromatic N) is 2. The molecule has 0 atom stereocenters. The Morgan fingerprint density at radius 3 is 2.65 bits per heavy atom. The van der Waals surface area contributed by atoms with Crippen LogP contribution in [0.4, 0.5) is 4.39 Å². The summed E-state index contributed by atoms with van der Waals surface area (Å²) >= 11 is 0. The quantitative estimate of drug-likeness (QED) is 0.661. The van der Waals surface area contributed by atoms with Gasteiger partial charge < -0.3 is 14.5 Å². The molecule has 0 aliphatic carbocycles. The van der Waals surface area contributed by atoms with Crippen molar-refractivity contribution in [2.24, 2.45) is 0 Å². The largest absolute Gasteiger partial charge is 0.490 e. The Morgan fingerprint density at radius 1 is 1.15 bits per heavy atom. The second kappa shape index (κ2) is 7.70. The second-order valence-corrected chi connectivity index (χ2v) is 5.49. The lowest BCUT2D eigenvalue weighted by Gasteiger charge is -2.11. The van der Waals surface area contributed by atoms with Crippen molar-refractivity contribution in [2.45, 2.75) is 13.8 Å². The van der Waals surface area contributed by atoms with Crippen LogP contribution in [0.1, 0.15) is 25.2 Å². The molecule has 5 nitrogen and oxygen atoms in total. The van der Waals surface area contributed by atoms with E-state index >= 15 is 0 Å². The summed E-state index contributed by atoms with van der Waals surface area (Å²) in [6, 6.07) is 11.9. The Kier molecular flexibility index (Phi) is 5.18. The zero-order chi connectivity index (χ0) is 18.5. The highest BCUT2D eigenvalue weighted by Crippen LogP contribution is 2.30. The molecular weight excluding hydrogens is 333 g/mol. The van der Waals surface area contributed by atoms with Crippen LogP contribution in [0.5, 0.6) is 11.5 Å². The number of rotatable bonds is 6. The van der Waals surface area contributed by atoms with E-state index in [1.165, 1.54) is 12.1 Å². The third-order valence-electron chi connectivity index (χ3n) is 3.70. The molecule has 3 aromatic rings. The molecule has 0 fully saturated rings.